The molecule has 7 nitrogen and oxygen atoms in total. The zero-order valence-electron chi connectivity index (χ0n) is 13.7. The molecular weight excluding hydrogens is 306 g/mol. The molecule has 0 bridgehead atoms. The summed E-state index contributed by atoms with van der Waals surface area (Å²) >= 11 is 0. The molecule has 0 spiro atoms. The van der Waals surface area contributed by atoms with Crippen molar-refractivity contribution in [1.29, 1.82) is 21.2 Å². The molecular formula is C17H19N5O2. The first-order valence-electron chi connectivity index (χ1n) is 7.93. The summed E-state index contributed by atoms with van der Waals surface area (Å²) in [6.45, 7) is 4.44. The second kappa shape index (κ2) is 6.72. The lowest BCUT2D eigenvalue weighted by atomic mass is 9.55. The molecule has 24 heavy (non-hydrogen) atoms. The smallest absolute Gasteiger partial charge is 0.410 e. The number of amides is 1. The quantitative estimate of drug-likeness (QED) is 0.779. The van der Waals surface area contributed by atoms with E-state index in [1.807, 2.05) is 19.1 Å². The predicted molar refractivity (Wildman–Crippen MR) is 84.4 cm³/mol. The highest BCUT2D eigenvalue weighted by Crippen LogP contribution is 2.49. The van der Waals surface area contributed by atoms with Crippen LogP contribution in [0.1, 0.15) is 20.3 Å². The van der Waals surface area contributed by atoms with Crippen LogP contribution in [0.25, 0.3) is 0 Å². The SMILES string of the molecule is CCOC(=O)N1CC=C2[C@H](C#N)C(=N)C(C#N)(C#N)[C@H](CC)[C@H]2C1. The van der Waals surface area contributed by atoms with Crippen LogP contribution in [-0.2, 0) is 4.74 Å². The fourth-order valence-corrected chi connectivity index (χ4v) is 3.78. The van der Waals surface area contributed by atoms with Crippen LogP contribution in [0.3, 0.4) is 0 Å². The zero-order valence-corrected chi connectivity index (χ0v) is 13.7. The Bertz CT molecular complexity index is 692. The highest BCUT2D eigenvalue weighted by molar-refractivity contribution is 6.00. The normalized spacial score (nSPS) is 27.8. The number of hydrogen-bond acceptors (Lipinski definition) is 6. The molecule has 0 radical (unpaired) electrons. The van der Waals surface area contributed by atoms with Gasteiger partial charge in [-0.2, -0.15) is 15.8 Å². The first-order chi connectivity index (χ1) is 11.5. The minimum atomic E-state index is -1.63. The molecule has 1 aliphatic heterocycles. The van der Waals surface area contributed by atoms with Crippen molar-refractivity contribution in [2.24, 2.45) is 23.2 Å². The van der Waals surface area contributed by atoms with Crippen molar-refractivity contribution in [3.8, 4) is 18.2 Å². The maximum atomic E-state index is 12.0. The lowest BCUT2D eigenvalue weighted by Crippen LogP contribution is -2.54. The van der Waals surface area contributed by atoms with E-state index in [0.29, 0.717) is 19.5 Å². The van der Waals surface area contributed by atoms with E-state index in [0.717, 1.165) is 5.57 Å². The van der Waals surface area contributed by atoms with Crippen LogP contribution >= 0.6 is 0 Å². The summed E-state index contributed by atoms with van der Waals surface area (Å²) in [5.41, 5.74) is -1.03. The number of carbonyl (C=O) groups is 1. The van der Waals surface area contributed by atoms with Gasteiger partial charge in [-0.05, 0) is 18.9 Å². The Morgan fingerprint density at radius 3 is 2.58 bits per heavy atom. The Morgan fingerprint density at radius 1 is 1.42 bits per heavy atom. The number of nitrogens with zero attached hydrogens (tertiary/aromatic N) is 4. The third kappa shape index (κ3) is 2.41. The molecule has 2 rings (SSSR count). The lowest BCUT2D eigenvalue weighted by Gasteiger charge is -2.47. The second-order valence-electron chi connectivity index (χ2n) is 5.94. The molecule has 1 heterocycles. The van der Waals surface area contributed by atoms with E-state index in [1.165, 1.54) is 4.90 Å². The Morgan fingerprint density at radius 2 is 2.08 bits per heavy atom. The predicted octanol–water partition coefficient (Wildman–Crippen LogP) is 2.23. The van der Waals surface area contributed by atoms with Gasteiger partial charge < -0.3 is 15.0 Å². The summed E-state index contributed by atoms with van der Waals surface area (Å²) in [5, 5.41) is 37.0. The van der Waals surface area contributed by atoms with E-state index in [4.69, 9.17) is 10.1 Å². The third-order valence-corrected chi connectivity index (χ3v) is 4.93. The molecule has 1 fully saturated rings. The third-order valence-electron chi connectivity index (χ3n) is 4.93. The van der Waals surface area contributed by atoms with E-state index in [2.05, 4.69) is 6.07 Å². The standard InChI is InChI=1S/C17H19N5O2/c1-3-14-13-8-22(16(23)24-4-2)6-5-11(13)12(7-18)15(21)17(14,9-19)10-20/h5,12-14,21H,3-4,6,8H2,1-2H3/t12-,13-,14+/m0/s1. The van der Waals surface area contributed by atoms with Gasteiger partial charge in [0.05, 0.1) is 30.5 Å². The molecule has 0 unspecified atom stereocenters. The summed E-state index contributed by atoms with van der Waals surface area (Å²) in [7, 11) is 0. The molecule has 3 atom stereocenters. The highest BCUT2D eigenvalue weighted by Gasteiger charge is 2.56. The minimum Gasteiger partial charge on any atom is -0.450 e. The van der Waals surface area contributed by atoms with E-state index in [9.17, 15) is 20.6 Å². The van der Waals surface area contributed by atoms with Gasteiger partial charge in [-0.3, -0.25) is 0 Å². The number of ether oxygens (including phenoxy) is 1. The molecule has 1 N–H and O–H groups in total. The summed E-state index contributed by atoms with van der Waals surface area (Å²) in [5.74, 6) is -1.62. The van der Waals surface area contributed by atoms with Crippen molar-refractivity contribution >= 4 is 11.8 Å². The first kappa shape index (κ1) is 17.5. The van der Waals surface area contributed by atoms with Crippen LogP contribution in [-0.4, -0.2) is 36.4 Å². The lowest BCUT2D eigenvalue weighted by molar-refractivity contribution is 0.0929. The van der Waals surface area contributed by atoms with Crippen molar-refractivity contribution in [2.75, 3.05) is 19.7 Å². The van der Waals surface area contributed by atoms with Gasteiger partial charge in [0.1, 0.15) is 5.92 Å². The first-order valence-corrected chi connectivity index (χ1v) is 7.93. The maximum Gasteiger partial charge on any atom is 0.410 e. The van der Waals surface area contributed by atoms with Crippen molar-refractivity contribution in [1.82, 2.24) is 4.90 Å². The zero-order chi connectivity index (χ0) is 17.9. The van der Waals surface area contributed by atoms with Gasteiger partial charge in [-0.25, -0.2) is 4.79 Å². The van der Waals surface area contributed by atoms with Crippen LogP contribution < -0.4 is 0 Å². The second-order valence-corrected chi connectivity index (χ2v) is 5.94. The largest absolute Gasteiger partial charge is 0.450 e. The van der Waals surface area contributed by atoms with E-state index in [-0.39, 0.29) is 18.2 Å². The molecule has 1 saturated carbocycles. The van der Waals surface area contributed by atoms with Crippen LogP contribution in [0.5, 0.6) is 0 Å². The number of rotatable bonds is 2. The molecule has 1 aliphatic carbocycles. The fraction of sp³-hybridized carbons (Fsp3) is 0.588. The summed E-state index contributed by atoms with van der Waals surface area (Å²) in [6, 6.07) is 6.03. The van der Waals surface area contributed by atoms with E-state index >= 15 is 0 Å². The van der Waals surface area contributed by atoms with Gasteiger partial charge >= 0.3 is 6.09 Å². The summed E-state index contributed by atoms with van der Waals surface area (Å²) in [4.78, 5) is 13.5. The number of nitriles is 3. The number of nitrogens with one attached hydrogen (secondary N) is 1. The van der Waals surface area contributed by atoms with Crippen LogP contribution in [0, 0.1) is 62.6 Å². The molecule has 2 aliphatic rings. The minimum absolute atomic E-state index is 0.145. The number of fused-ring (bicyclic) bond motifs is 1. The Balaban J connectivity index is 2.50. The van der Waals surface area contributed by atoms with Crippen LogP contribution in [0.2, 0.25) is 0 Å². The Kier molecular flexibility index (Phi) is 4.90. The highest BCUT2D eigenvalue weighted by atomic mass is 16.6. The number of hydrogen-bond donors (Lipinski definition) is 1. The molecule has 0 saturated heterocycles. The molecule has 0 aromatic rings. The van der Waals surface area contributed by atoms with Gasteiger partial charge in [-0.1, -0.05) is 13.0 Å². The molecule has 7 heteroatoms. The van der Waals surface area contributed by atoms with Gasteiger partial charge in [0, 0.05) is 24.9 Å². The Hall–Kier alpha value is -2.85. The fourth-order valence-electron chi connectivity index (χ4n) is 3.78. The molecule has 1 amide bonds. The average Bonchev–Trinajstić information content (AvgIpc) is 2.60. The van der Waals surface area contributed by atoms with Gasteiger partial charge in [0.15, 0.2) is 5.41 Å². The van der Waals surface area contributed by atoms with Crippen molar-refractivity contribution in [3.05, 3.63) is 11.6 Å². The summed E-state index contributed by atoms with van der Waals surface area (Å²) in [6.07, 6.45) is 1.83. The molecule has 124 valence electrons. The van der Waals surface area contributed by atoms with E-state index < -0.39 is 23.3 Å². The van der Waals surface area contributed by atoms with Gasteiger partial charge in [-0.15, -0.1) is 0 Å². The van der Waals surface area contributed by atoms with Crippen LogP contribution in [0.15, 0.2) is 11.6 Å². The van der Waals surface area contributed by atoms with Gasteiger partial charge in [0.25, 0.3) is 0 Å². The average molecular weight is 325 g/mol. The van der Waals surface area contributed by atoms with Crippen molar-refractivity contribution < 1.29 is 9.53 Å². The molecule has 0 aromatic heterocycles. The number of carbonyl (C=O) groups excluding carboxylic acids is 1. The Labute approximate surface area is 141 Å². The van der Waals surface area contributed by atoms with Gasteiger partial charge in [0.2, 0.25) is 0 Å². The maximum absolute atomic E-state index is 12.0. The topological polar surface area (TPSA) is 125 Å². The summed E-state index contributed by atoms with van der Waals surface area (Å²) < 4.78 is 5.03. The molecule has 0 aromatic carbocycles. The van der Waals surface area contributed by atoms with Crippen molar-refractivity contribution in [3.63, 3.8) is 0 Å². The monoisotopic (exact) mass is 325 g/mol. The van der Waals surface area contributed by atoms with E-state index in [1.54, 1.807) is 13.0 Å². The van der Waals surface area contributed by atoms with Crippen LogP contribution in [0.4, 0.5) is 4.79 Å². The van der Waals surface area contributed by atoms with Crippen molar-refractivity contribution in [2.45, 2.75) is 20.3 Å².